The molecule has 0 radical (unpaired) electrons. The number of benzene rings is 1. The highest BCUT2D eigenvalue weighted by Gasteiger charge is 2.31. The van der Waals surface area contributed by atoms with E-state index >= 15 is 0 Å². The molecular formula is C15H15ClF3N2O2+. The van der Waals surface area contributed by atoms with E-state index in [1.807, 2.05) is 6.92 Å². The third kappa shape index (κ3) is 4.74. The largest absolute Gasteiger partial charge is 0.463 e. The Labute approximate surface area is 135 Å². The van der Waals surface area contributed by atoms with E-state index in [1.165, 1.54) is 6.26 Å². The zero-order chi connectivity index (χ0) is 17.0. The molecule has 0 aliphatic rings. The second kappa shape index (κ2) is 7.06. The first-order valence-electron chi connectivity index (χ1n) is 6.80. The lowest BCUT2D eigenvalue weighted by Crippen LogP contribution is -2.86. The molecule has 2 rings (SSSR count). The maximum atomic E-state index is 12.7. The van der Waals surface area contributed by atoms with Gasteiger partial charge in [0.05, 0.1) is 22.5 Å². The molecule has 8 heteroatoms. The predicted molar refractivity (Wildman–Crippen MR) is 79.0 cm³/mol. The summed E-state index contributed by atoms with van der Waals surface area (Å²) in [5.74, 6) is 0.250. The Bertz CT molecular complexity index is 672. The maximum absolute atomic E-state index is 12.7. The summed E-state index contributed by atoms with van der Waals surface area (Å²) in [6.45, 7) is 1.87. The first kappa shape index (κ1) is 17.4. The van der Waals surface area contributed by atoms with Gasteiger partial charge in [-0.3, -0.25) is 4.79 Å². The molecule has 4 nitrogen and oxygen atoms in total. The van der Waals surface area contributed by atoms with Crippen LogP contribution < -0.4 is 10.6 Å². The third-order valence-electron chi connectivity index (χ3n) is 3.22. The fourth-order valence-electron chi connectivity index (χ4n) is 1.95. The summed E-state index contributed by atoms with van der Waals surface area (Å²) in [5.41, 5.74) is -0.935. The summed E-state index contributed by atoms with van der Waals surface area (Å²) in [6.07, 6.45) is -2.97. The van der Waals surface area contributed by atoms with E-state index in [0.29, 0.717) is 5.76 Å². The Hall–Kier alpha value is -1.99. The van der Waals surface area contributed by atoms with Gasteiger partial charge in [0.15, 0.2) is 12.3 Å². The number of quaternary nitrogens is 1. The van der Waals surface area contributed by atoms with Crippen molar-refractivity contribution in [2.45, 2.75) is 19.1 Å². The molecular weight excluding hydrogens is 333 g/mol. The van der Waals surface area contributed by atoms with E-state index in [0.717, 1.165) is 18.2 Å². The Morgan fingerprint density at radius 1 is 1.39 bits per heavy atom. The first-order chi connectivity index (χ1) is 10.8. The smallest absolute Gasteiger partial charge is 0.416 e. The van der Waals surface area contributed by atoms with Gasteiger partial charge in [0, 0.05) is 0 Å². The number of hydrogen-bond donors (Lipinski definition) is 2. The highest BCUT2D eigenvalue weighted by Crippen LogP contribution is 2.33. The average molecular weight is 348 g/mol. The number of furan rings is 1. The number of alkyl halides is 3. The van der Waals surface area contributed by atoms with Crippen LogP contribution in [0.3, 0.4) is 0 Å². The molecule has 1 amide bonds. The highest BCUT2D eigenvalue weighted by molar-refractivity contribution is 6.33. The number of anilines is 1. The summed E-state index contributed by atoms with van der Waals surface area (Å²) in [6, 6.07) is 6.21. The molecule has 0 unspecified atom stereocenters. The molecule has 0 aliphatic carbocycles. The van der Waals surface area contributed by atoms with Crippen molar-refractivity contribution in [2.24, 2.45) is 0 Å². The fourth-order valence-corrected chi connectivity index (χ4v) is 2.11. The van der Waals surface area contributed by atoms with E-state index in [-0.39, 0.29) is 23.3 Å². The Morgan fingerprint density at radius 3 is 2.74 bits per heavy atom. The topological polar surface area (TPSA) is 58.9 Å². The van der Waals surface area contributed by atoms with Gasteiger partial charge in [0.2, 0.25) is 0 Å². The zero-order valence-electron chi connectivity index (χ0n) is 12.2. The fraction of sp³-hybridized carbons (Fsp3) is 0.267. The van der Waals surface area contributed by atoms with Crippen molar-refractivity contribution in [1.82, 2.24) is 0 Å². The van der Waals surface area contributed by atoms with Gasteiger partial charge in [-0.15, -0.1) is 0 Å². The van der Waals surface area contributed by atoms with Crippen molar-refractivity contribution >= 4 is 23.2 Å². The minimum absolute atomic E-state index is 0.0223. The van der Waals surface area contributed by atoms with E-state index < -0.39 is 17.6 Å². The summed E-state index contributed by atoms with van der Waals surface area (Å²) in [5, 5.41) is 4.14. The van der Waals surface area contributed by atoms with E-state index in [4.69, 9.17) is 16.0 Å². The molecule has 0 bridgehead atoms. The van der Waals surface area contributed by atoms with Gasteiger partial charge < -0.3 is 15.1 Å². The van der Waals surface area contributed by atoms with E-state index in [1.54, 1.807) is 17.4 Å². The van der Waals surface area contributed by atoms with Crippen LogP contribution in [-0.4, -0.2) is 12.5 Å². The molecule has 0 fully saturated rings. The molecule has 3 N–H and O–H groups in total. The number of hydrogen-bond acceptors (Lipinski definition) is 2. The predicted octanol–water partition coefficient (Wildman–Crippen LogP) is 3.21. The second-order valence-corrected chi connectivity index (χ2v) is 5.39. The van der Waals surface area contributed by atoms with E-state index in [2.05, 4.69) is 5.32 Å². The minimum atomic E-state index is -4.50. The van der Waals surface area contributed by atoms with Crippen molar-refractivity contribution in [3.05, 3.63) is 52.9 Å². The molecule has 1 aromatic heterocycles. The van der Waals surface area contributed by atoms with Crippen LogP contribution in [0.5, 0.6) is 0 Å². The second-order valence-electron chi connectivity index (χ2n) is 4.98. The van der Waals surface area contributed by atoms with Crippen LogP contribution in [0.4, 0.5) is 18.9 Å². The highest BCUT2D eigenvalue weighted by atomic mass is 35.5. The van der Waals surface area contributed by atoms with Crippen molar-refractivity contribution in [1.29, 1.82) is 0 Å². The molecule has 124 valence electrons. The number of amides is 1. The number of carbonyl (C=O) groups excluding carboxylic acids is 1. The summed E-state index contributed by atoms with van der Waals surface area (Å²) < 4.78 is 43.2. The van der Waals surface area contributed by atoms with Crippen LogP contribution in [0, 0.1) is 0 Å². The molecule has 0 saturated heterocycles. The molecule has 0 saturated carbocycles. The number of carbonyl (C=O) groups is 1. The quantitative estimate of drug-likeness (QED) is 0.872. The summed E-state index contributed by atoms with van der Waals surface area (Å²) >= 11 is 5.83. The molecule has 23 heavy (non-hydrogen) atoms. The van der Waals surface area contributed by atoms with Crippen LogP contribution in [0.15, 0.2) is 41.0 Å². The lowest BCUT2D eigenvalue weighted by Gasteiger charge is -2.12. The third-order valence-corrected chi connectivity index (χ3v) is 3.55. The molecule has 2 aromatic rings. The van der Waals surface area contributed by atoms with E-state index in [9.17, 15) is 18.0 Å². The SMILES string of the molecule is C[C@@H]([NH2+]CC(=O)Nc1cc(C(F)(F)F)ccc1Cl)c1ccco1. The van der Waals surface area contributed by atoms with Crippen LogP contribution >= 0.6 is 11.6 Å². The van der Waals surface area contributed by atoms with Crippen molar-refractivity contribution in [3.63, 3.8) is 0 Å². The molecule has 1 atom stereocenters. The van der Waals surface area contributed by atoms with Gasteiger partial charge in [0.25, 0.3) is 5.91 Å². The standard InChI is InChI=1S/C15H14ClF3N2O2/c1-9(13-3-2-6-23-13)20-8-14(22)21-12-7-10(15(17,18)19)4-5-11(12)16/h2-7,9,20H,8H2,1H3,(H,21,22)/p+1/t9-/m1/s1. The summed E-state index contributed by atoms with van der Waals surface area (Å²) in [7, 11) is 0. The molecule has 1 heterocycles. The lowest BCUT2D eigenvalue weighted by molar-refractivity contribution is -0.684. The normalized spacial score (nSPS) is 12.9. The van der Waals surface area contributed by atoms with Crippen LogP contribution in [0.25, 0.3) is 0 Å². The monoisotopic (exact) mass is 347 g/mol. The van der Waals surface area contributed by atoms with Crippen molar-refractivity contribution in [2.75, 3.05) is 11.9 Å². The molecule has 0 aliphatic heterocycles. The maximum Gasteiger partial charge on any atom is 0.416 e. The lowest BCUT2D eigenvalue weighted by atomic mass is 10.2. The first-order valence-corrected chi connectivity index (χ1v) is 7.18. The van der Waals surface area contributed by atoms with Gasteiger partial charge in [-0.05, 0) is 37.3 Å². The van der Waals surface area contributed by atoms with Crippen LogP contribution in [-0.2, 0) is 11.0 Å². The zero-order valence-corrected chi connectivity index (χ0v) is 12.9. The minimum Gasteiger partial charge on any atom is -0.463 e. The Kier molecular flexibility index (Phi) is 5.33. The van der Waals surface area contributed by atoms with Crippen LogP contribution in [0.2, 0.25) is 5.02 Å². The van der Waals surface area contributed by atoms with Gasteiger partial charge in [-0.2, -0.15) is 13.2 Å². The molecule has 1 aromatic carbocycles. The average Bonchev–Trinajstić information content (AvgIpc) is 3.00. The van der Waals surface area contributed by atoms with Gasteiger partial charge in [0.1, 0.15) is 6.04 Å². The number of halogens is 4. The van der Waals surface area contributed by atoms with Gasteiger partial charge in [-0.25, -0.2) is 0 Å². The molecule has 0 spiro atoms. The number of nitrogens with two attached hydrogens (primary N) is 1. The summed E-state index contributed by atoms with van der Waals surface area (Å²) in [4.78, 5) is 11.9. The number of nitrogens with one attached hydrogen (secondary N) is 1. The van der Waals surface area contributed by atoms with Crippen LogP contribution in [0.1, 0.15) is 24.3 Å². The Balaban J connectivity index is 1.97. The van der Waals surface area contributed by atoms with Gasteiger partial charge >= 0.3 is 6.18 Å². The Morgan fingerprint density at radius 2 is 2.13 bits per heavy atom. The van der Waals surface area contributed by atoms with Crippen molar-refractivity contribution in [3.8, 4) is 0 Å². The number of rotatable bonds is 5. The van der Waals surface area contributed by atoms with Gasteiger partial charge in [-0.1, -0.05) is 11.6 Å². The van der Waals surface area contributed by atoms with Crippen molar-refractivity contribution < 1.29 is 27.7 Å².